The van der Waals surface area contributed by atoms with Gasteiger partial charge in [0.05, 0.1) is 40.0 Å². The molecule has 0 aromatic heterocycles. The molecule has 2 heterocycles. The van der Waals surface area contributed by atoms with Crippen LogP contribution in [0.3, 0.4) is 0 Å². The minimum Gasteiger partial charge on any atom is -0.347 e. The highest BCUT2D eigenvalue weighted by atomic mass is 19.1. The molecule has 0 N–H and O–H groups in total. The second-order valence-corrected chi connectivity index (χ2v) is 5.92. The number of nitro groups is 2. The summed E-state index contributed by atoms with van der Waals surface area (Å²) in [6.45, 7) is 0.349. The number of halogens is 2. The normalized spacial score (nSPS) is 14.8. The monoisotopic (exact) mass is 348 g/mol. The largest absolute Gasteiger partial charge is 0.347 e. The van der Waals surface area contributed by atoms with Crippen molar-refractivity contribution < 1.29 is 18.6 Å². The van der Waals surface area contributed by atoms with Crippen molar-refractivity contribution in [2.24, 2.45) is 0 Å². The number of nitrogens with zero attached hydrogens (tertiary/aromatic N) is 4. The Morgan fingerprint density at radius 1 is 0.800 bits per heavy atom. The number of rotatable bonds is 2. The first-order valence-electron chi connectivity index (χ1n) is 7.28. The standard InChI is InChI=1S/C15H10F2N4O4/c16-12-3-10(20(22)23)1-8-5-18-7-19(14(8)12)6-9-2-11(21(24)25)4-13(17)15(9)18/h1-4H,5-7H2. The van der Waals surface area contributed by atoms with E-state index in [0.29, 0.717) is 11.1 Å². The molecule has 0 saturated carbocycles. The van der Waals surface area contributed by atoms with Gasteiger partial charge in [-0.3, -0.25) is 20.2 Å². The lowest BCUT2D eigenvalue weighted by Crippen LogP contribution is -2.47. The Morgan fingerprint density at radius 2 is 1.20 bits per heavy atom. The summed E-state index contributed by atoms with van der Waals surface area (Å²) in [4.78, 5) is 23.7. The molecule has 2 aliphatic heterocycles. The topological polar surface area (TPSA) is 92.8 Å². The van der Waals surface area contributed by atoms with Crippen molar-refractivity contribution in [2.75, 3.05) is 16.5 Å². The van der Waals surface area contributed by atoms with E-state index in [1.165, 1.54) is 12.1 Å². The third-order valence-corrected chi connectivity index (χ3v) is 4.37. The Hall–Kier alpha value is -3.30. The number of fused-ring (bicyclic) bond motifs is 6. The Morgan fingerprint density at radius 3 is 1.56 bits per heavy atom. The third-order valence-electron chi connectivity index (χ3n) is 4.37. The zero-order valence-electron chi connectivity index (χ0n) is 12.6. The number of nitro benzene ring substituents is 2. The van der Waals surface area contributed by atoms with E-state index in [4.69, 9.17) is 0 Å². The van der Waals surface area contributed by atoms with E-state index < -0.39 is 21.5 Å². The quantitative estimate of drug-likeness (QED) is 0.612. The van der Waals surface area contributed by atoms with Gasteiger partial charge in [0.15, 0.2) is 11.6 Å². The summed E-state index contributed by atoms with van der Waals surface area (Å²) in [5.74, 6) is -1.48. The molecule has 0 spiro atoms. The molecule has 0 radical (unpaired) electrons. The van der Waals surface area contributed by atoms with Gasteiger partial charge in [-0.1, -0.05) is 0 Å². The maximum Gasteiger partial charge on any atom is 0.272 e. The molecule has 0 aliphatic carbocycles. The predicted octanol–water partition coefficient (Wildman–Crippen LogP) is 3.08. The Bertz CT molecular complexity index is 874. The lowest BCUT2D eigenvalue weighted by Gasteiger charge is -2.44. The predicted molar refractivity (Wildman–Crippen MR) is 83.3 cm³/mol. The van der Waals surface area contributed by atoms with Crippen LogP contribution in [0, 0.1) is 31.9 Å². The summed E-state index contributed by atoms with van der Waals surface area (Å²) in [7, 11) is 0. The van der Waals surface area contributed by atoms with Crippen molar-refractivity contribution >= 4 is 22.7 Å². The van der Waals surface area contributed by atoms with Crippen LogP contribution in [0.25, 0.3) is 0 Å². The van der Waals surface area contributed by atoms with Crippen molar-refractivity contribution in [1.82, 2.24) is 0 Å². The molecule has 8 nitrogen and oxygen atoms in total. The average molecular weight is 348 g/mol. The molecule has 25 heavy (non-hydrogen) atoms. The van der Waals surface area contributed by atoms with Crippen LogP contribution in [-0.4, -0.2) is 16.5 Å². The Kier molecular flexibility index (Phi) is 3.11. The van der Waals surface area contributed by atoms with Crippen LogP contribution in [0.1, 0.15) is 11.1 Å². The molecule has 0 amide bonds. The summed E-state index contributed by atoms with van der Waals surface area (Å²) in [5.41, 5.74) is 0.424. The highest BCUT2D eigenvalue weighted by molar-refractivity contribution is 5.71. The molecule has 0 saturated heterocycles. The van der Waals surface area contributed by atoms with E-state index in [0.717, 1.165) is 12.1 Å². The van der Waals surface area contributed by atoms with Gasteiger partial charge < -0.3 is 9.80 Å². The number of hydrogen-bond acceptors (Lipinski definition) is 6. The molecule has 2 aliphatic rings. The summed E-state index contributed by atoms with van der Waals surface area (Å²) in [6.07, 6.45) is 0. The van der Waals surface area contributed by atoms with Gasteiger partial charge in [0.2, 0.25) is 0 Å². The minimum atomic E-state index is -0.738. The molecule has 10 heteroatoms. The molecule has 2 aromatic carbocycles. The van der Waals surface area contributed by atoms with E-state index in [1.54, 1.807) is 9.80 Å². The highest BCUT2D eigenvalue weighted by Crippen LogP contribution is 2.42. The fourth-order valence-corrected chi connectivity index (χ4v) is 3.46. The fraction of sp³-hybridized carbons (Fsp3) is 0.200. The second-order valence-electron chi connectivity index (χ2n) is 5.92. The van der Waals surface area contributed by atoms with E-state index >= 15 is 0 Å². The highest BCUT2D eigenvalue weighted by Gasteiger charge is 2.35. The SMILES string of the molecule is O=[N+]([O-])c1cc(F)c2c(c1)CN1CN2Cc2cc([N+](=O)[O-])cc(F)c21. The minimum absolute atomic E-state index is 0.0756. The van der Waals surface area contributed by atoms with Crippen LogP contribution in [0.2, 0.25) is 0 Å². The van der Waals surface area contributed by atoms with Crippen LogP contribution in [0.4, 0.5) is 31.5 Å². The van der Waals surface area contributed by atoms with Gasteiger partial charge in [-0.2, -0.15) is 0 Å². The lowest BCUT2D eigenvalue weighted by molar-refractivity contribution is -0.385. The lowest BCUT2D eigenvalue weighted by atomic mass is 10.00. The summed E-state index contributed by atoms with van der Waals surface area (Å²) in [5, 5.41) is 21.9. The first-order chi connectivity index (χ1) is 11.8. The van der Waals surface area contributed by atoms with Crippen LogP contribution in [0.15, 0.2) is 24.3 Å². The Labute approximate surface area is 139 Å². The van der Waals surface area contributed by atoms with Gasteiger partial charge in [-0.15, -0.1) is 0 Å². The zero-order valence-corrected chi connectivity index (χ0v) is 12.6. The molecule has 4 rings (SSSR count). The van der Waals surface area contributed by atoms with Crippen LogP contribution in [-0.2, 0) is 13.1 Å². The van der Waals surface area contributed by atoms with Crippen molar-refractivity contribution in [3.63, 3.8) is 0 Å². The van der Waals surface area contributed by atoms with Crippen LogP contribution in [0.5, 0.6) is 0 Å². The summed E-state index contributed by atoms with van der Waals surface area (Å²) >= 11 is 0. The van der Waals surface area contributed by atoms with Crippen molar-refractivity contribution in [3.8, 4) is 0 Å². The van der Waals surface area contributed by atoms with Crippen molar-refractivity contribution in [2.45, 2.75) is 13.1 Å². The third kappa shape index (κ3) is 2.25. The number of benzene rings is 2. The van der Waals surface area contributed by atoms with E-state index in [1.807, 2.05) is 0 Å². The maximum atomic E-state index is 14.4. The second kappa shape index (κ2) is 5.10. The van der Waals surface area contributed by atoms with E-state index in [2.05, 4.69) is 0 Å². The molecule has 2 aromatic rings. The summed E-state index contributed by atoms with van der Waals surface area (Å²) < 4.78 is 28.8. The molecule has 128 valence electrons. The number of non-ortho nitro benzene ring substituents is 2. The first-order valence-corrected chi connectivity index (χ1v) is 7.28. The van der Waals surface area contributed by atoms with E-state index in [9.17, 15) is 29.0 Å². The Balaban J connectivity index is 1.84. The molecule has 2 bridgehead atoms. The van der Waals surface area contributed by atoms with Gasteiger partial charge in [0.1, 0.15) is 0 Å². The zero-order chi connectivity index (χ0) is 17.9. The van der Waals surface area contributed by atoms with Gasteiger partial charge >= 0.3 is 0 Å². The van der Waals surface area contributed by atoms with Gasteiger partial charge in [0, 0.05) is 36.3 Å². The molecule has 0 unspecified atom stereocenters. The molecular formula is C15H10F2N4O4. The van der Waals surface area contributed by atoms with Crippen molar-refractivity contribution in [1.29, 1.82) is 0 Å². The number of hydrogen-bond donors (Lipinski definition) is 0. The molecule has 0 atom stereocenters. The van der Waals surface area contributed by atoms with Gasteiger partial charge in [-0.25, -0.2) is 8.78 Å². The average Bonchev–Trinajstić information content (AvgIpc) is 2.53. The number of anilines is 2. The van der Waals surface area contributed by atoms with E-state index in [-0.39, 0.29) is 42.5 Å². The van der Waals surface area contributed by atoms with Crippen molar-refractivity contribution in [3.05, 3.63) is 67.3 Å². The van der Waals surface area contributed by atoms with Crippen LogP contribution >= 0.6 is 0 Å². The molecular weight excluding hydrogens is 338 g/mol. The smallest absolute Gasteiger partial charge is 0.272 e. The van der Waals surface area contributed by atoms with Gasteiger partial charge in [-0.05, 0) is 0 Å². The summed E-state index contributed by atoms with van der Waals surface area (Å²) in [6, 6.07) is 4.23. The van der Waals surface area contributed by atoms with Gasteiger partial charge in [0.25, 0.3) is 11.4 Å². The fourth-order valence-electron chi connectivity index (χ4n) is 3.46. The molecule has 0 fully saturated rings. The first kappa shape index (κ1) is 15.2. The van der Waals surface area contributed by atoms with Crippen LogP contribution < -0.4 is 9.80 Å². The maximum absolute atomic E-state index is 14.4.